The molecule has 0 radical (unpaired) electrons. The molecule has 3 aromatic rings. The van der Waals surface area contributed by atoms with Crippen molar-refractivity contribution in [3.8, 4) is 22.8 Å². The number of benzene rings is 1. The van der Waals surface area contributed by atoms with E-state index in [4.69, 9.17) is 4.52 Å². The Bertz CT molecular complexity index is 789. The Hall–Kier alpha value is -2.63. The first-order valence-corrected chi connectivity index (χ1v) is 7.00. The van der Waals surface area contributed by atoms with Gasteiger partial charge in [-0.15, -0.1) is 0 Å². The summed E-state index contributed by atoms with van der Waals surface area (Å²) in [4.78, 5) is 4.51. The second kappa shape index (κ2) is 4.73. The van der Waals surface area contributed by atoms with E-state index in [-0.39, 0.29) is 0 Å². The smallest absolute Gasteiger partial charge is 0.258 e. The van der Waals surface area contributed by atoms with E-state index >= 15 is 0 Å². The fourth-order valence-electron chi connectivity index (χ4n) is 2.70. The van der Waals surface area contributed by atoms with Crippen LogP contribution in [0.4, 0.5) is 5.69 Å². The Morgan fingerprint density at radius 1 is 1.33 bits per heavy atom. The number of fused-ring (bicyclic) bond motifs is 1. The Labute approximate surface area is 121 Å². The van der Waals surface area contributed by atoms with Gasteiger partial charge in [0.1, 0.15) is 0 Å². The normalized spacial score (nSPS) is 13.8. The Balaban J connectivity index is 1.76. The van der Waals surface area contributed by atoms with E-state index in [1.807, 2.05) is 25.4 Å². The number of nitrogens with one attached hydrogen (secondary N) is 1. The lowest BCUT2D eigenvalue weighted by molar-refractivity contribution is 0.432. The first-order chi connectivity index (χ1) is 10.3. The van der Waals surface area contributed by atoms with Crippen molar-refractivity contribution in [2.75, 3.05) is 11.9 Å². The summed E-state index contributed by atoms with van der Waals surface area (Å²) in [6, 6.07) is 6.14. The number of aryl methyl sites for hydroxylation is 1. The summed E-state index contributed by atoms with van der Waals surface area (Å²) in [5.74, 6) is 1.13. The molecule has 0 aliphatic carbocycles. The van der Waals surface area contributed by atoms with Crippen LogP contribution in [0.5, 0.6) is 0 Å². The molecule has 0 bridgehead atoms. The van der Waals surface area contributed by atoms with Gasteiger partial charge in [-0.3, -0.25) is 4.68 Å². The van der Waals surface area contributed by atoms with Crippen LogP contribution in [0, 0.1) is 0 Å². The highest BCUT2D eigenvalue weighted by atomic mass is 16.5. The van der Waals surface area contributed by atoms with E-state index in [2.05, 4.69) is 26.6 Å². The molecule has 0 atom stereocenters. The topological polar surface area (TPSA) is 68.8 Å². The molecule has 0 saturated heterocycles. The summed E-state index contributed by atoms with van der Waals surface area (Å²) in [5.41, 5.74) is 4.29. The van der Waals surface area contributed by atoms with Crippen LogP contribution < -0.4 is 5.32 Å². The number of anilines is 1. The van der Waals surface area contributed by atoms with E-state index < -0.39 is 0 Å². The summed E-state index contributed by atoms with van der Waals surface area (Å²) >= 11 is 0. The molecule has 1 aliphatic rings. The molecule has 6 heteroatoms. The van der Waals surface area contributed by atoms with Crippen molar-refractivity contribution in [2.24, 2.45) is 7.05 Å². The van der Waals surface area contributed by atoms with E-state index in [1.54, 1.807) is 10.9 Å². The molecule has 2 aromatic heterocycles. The molecule has 1 aliphatic heterocycles. The van der Waals surface area contributed by atoms with Crippen molar-refractivity contribution >= 4 is 5.69 Å². The first-order valence-electron chi connectivity index (χ1n) is 7.00. The summed E-state index contributed by atoms with van der Waals surface area (Å²) in [5, 5.41) is 11.6. The van der Waals surface area contributed by atoms with Crippen LogP contribution >= 0.6 is 0 Å². The van der Waals surface area contributed by atoms with Gasteiger partial charge in [0.15, 0.2) is 0 Å². The first kappa shape index (κ1) is 12.1. The standard InChI is InChI=1S/C15H15N5O/c1-20-9-10(8-17-20)14-18-15(21-19-14)12-4-2-6-13-11(12)5-3-7-16-13/h2,4,6,8-9,16H,3,5,7H2,1H3. The zero-order valence-corrected chi connectivity index (χ0v) is 11.7. The predicted octanol–water partition coefficient (Wildman–Crippen LogP) is 2.50. The lowest BCUT2D eigenvalue weighted by atomic mass is 9.97. The molecular formula is C15H15N5O. The van der Waals surface area contributed by atoms with Crippen LogP contribution in [-0.2, 0) is 13.5 Å². The van der Waals surface area contributed by atoms with Gasteiger partial charge in [-0.2, -0.15) is 10.1 Å². The van der Waals surface area contributed by atoms with Crippen molar-refractivity contribution < 1.29 is 4.52 Å². The van der Waals surface area contributed by atoms with E-state index in [1.165, 1.54) is 11.3 Å². The minimum atomic E-state index is 0.564. The van der Waals surface area contributed by atoms with Crippen molar-refractivity contribution in [1.29, 1.82) is 0 Å². The Kier molecular flexibility index (Phi) is 2.73. The van der Waals surface area contributed by atoms with Gasteiger partial charge in [0.2, 0.25) is 5.82 Å². The molecule has 0 amide bonds. The number of nitrogens with zero attached hydrogens (tertiary/aromatic N) is 4. The number of aromatic nitrogens is 4. The second-order valence-electron chi connectivity index (χ2n) is 5.19. The average Bonchev–Trinajstić information content (AvgIpc) is 3.15. The number of hydrogen-bond acceptors (Lipinski definition) is 5. The summed E-state index contributed by atoms with van der Waals surface area (Å²) in [7, 11) is 1.86. The van der Waals surface area contributed by atoms with Crippen molar-refractivity contribution in [3.05, 3.63) is 36.2 Å². The van der Waals surface area contributed by atoms with Gasteiger partial charge in [-0.1, -0.05) is 11.2 Å². The largest absolute Gasteiger partial charge is 0.385 e. The molecule has 3 heterocycles. The van der Waals surface area contributed by atoms with Gasteiger partial charge >= 0.3 is 0 Å². The van der Waals surface area contributed by atoms with Gasteiger partial charge in [-0.25, -0.2) is 0 Å². The monoisotopic (exact) mass is 281 g/mol. The lowest BCUT2D eigenvalue weighted by Gasteiger charge is -2.19. The van der Waals surface area contributed by atoms with Gasteiger partial charge in [0.25, 0.3) is 5.89 Å². The number of rotatable bonds is 2. The third-order valence-electron chi connectivity index (χ3n) is 3.71. The molecule has 106 valence electrons. The zero-order chi connectivity index (χ0) is 14.2. The number of hydrogen-bond donors (Lipinski definition) is 1. The lowest BCUT2D eigenvalue weighted by Crippen LogP contribution is -2.12. The highest BCUT2D eigenvalue weighted by Crippen LogP contribution is 2.32. The minimum Gasteiger partial charge on any atom is -0.385 e. The van der Waals surface area contributed by atoms with Crippen molar-refractivity contribution in [3.63, 3.8) is 0 Å². The fraction of sp³-hybridized carbons (Fsp3) is 0.267. The van der Waals surface area contributed by atoms with Crippen LogP contribution in [0.2, 0.25) is 0 Å². The van der Waals surface area contributed by atoms with Gasteiger partial charge in [-0.05, 0) is 30.5 Å². The molecular weight excluding hydrogens is 266 g/mol. The third kappa shape index (κ3) is 2.08. The summed E-state index contributed by atoms with van der Waals surface area (Å²) in [6.45, 7) is 1.02. The maximum Gasteiger partial charge on any atom is 0.258 e. The van der Waals surface area contributed by atoms with Crippen LogP contribution in [0.25, 0.3) is 22.8 Å². The van der Waals surface area contributed by atoms with E-state index in [0.717, 1.165) is 30.5 Å². The molecule has 0 saturated carbocycles. The summed E-state index contributed by atoms with van der Waals surface area (Å²) < 4.78 is 7.18. The molecule has 6 nitrogen and oxygen atoms in total. The SMILES string of the molecule is Cn1cc(-c2noc(-c3cccc4c3CCCN4)n2)cn1. The Morgan fingerprint density at radius 3 is 3.14 bits per heavy atom. The molecule has 0 fully saturated rings. The molecule has 1 N–H and O–H groups in total. The van der Waals surface area contributed by atoms with E-state index in [0.29, 0.717) is 11.7 Å². The second-order valence-corrected chi connectivity index (χ2v) is 5.19. The minimum absolute atomic E-state index is 0.564. The highest BCUT2D eigenvalue weighted by molar-refractivity contribution is 5.70. The van der Waals surface area contributed by atoms with E-state index in [9.17, 15) is 0 Å². The van der Waals surface area contributed by atoms with Crippen molar-refractivity contribution in [2.45, 2.75) is 12.8 Å². The van der Waals surface area contributed by atoms with Gasteiger partial charge in [0, 0.05) is 31.0 Å². The maximum absolute atomic E-state index is 5.45. The van der Waals surface area contributed by atoms with Crippen LogP contribution in [0.15, 0.2) is 35.1 Å². The predicted molar refractivity (Wildman–Crippen MR) is 78.7 cm³/mol. The molecule has 21 heavy (non-hydrogen) atoms. The molecule has 4 rings (SSSR count). The molecule has 0 spiro atoms. The third-order valence-corrected chi connectivity index (χ3v) is 3.71. The quantitative estimate of drug-likeness (QED) is 0.781. The van der Waals surface area contributed by atoms with Crippen LogP contribution in [0.1, 0.15) is 12.0 Å². The average molecular weight is 281 g/mol. The molecule has 1 aromatic carbocycles. The van der Waals surface area contributed by atoms with Crippen LogP contribution in [-0.4, -0.2) is 26.5 Å². The van der Waals surface area contributed by atoms with Gasteiger partial charge in [0.05, 0.1) is 11.8 Å². The fourth-order valence-corrected chi connectivity index (χ4v) is 2.70. The Morgan fingerprint density at radius 2 is 2.29 bits per heavy atom. The molecule has 0 unspecified atom stereocenters. The van der Waals surface area contributed by atoms with Crippen molar-refractivity contribution in [1.82, 2.24) is 19.9 Å². The highest BCUT2D eigenvalue weighted by Gasteiger charge is 2.18. The maximum atomic E-state index is 5.45. The van der Waals surface area contributed by atoms with Crippen LogP contribution in [0.3, 0.4) is 0 Å². The van der Waals surface area contributed by atoms with Gasteiger partial charge < -0.3 is 9.84 Å². The summed E-state index contributed by atoms with van der Waals surface area (Å²) in [6.07, 6.45) is 5.75. The zero-order valence-electron chi connectivity index (χ0n) is 11.7.